The Bertz CT molecular complexity index is 1380. The van der Waals surface area contributed by atoms with Crippen LogP contribution < -0.4 is 5.32 Å². The number of carbonyl (C=O) groups excluding carboxylic acids is 1. The van der Waals surface area contributed by atoms with Gasteiger partial charge in [0, 0.05) is 12.6 Å². The van der Waals surface area contributed by atoms with Gasteiger partial charge >= 0.3 is 0 Å². The molecule has 0 spiro atoms. The molecule has 4 heterocycles. The lowest BCUT2D eigenvalue weighted by Crippen LogP contribution is -2.14. The van der Waals surface area contributed by atoms with Crippen LogP contribution in [-0.4, -0.2) is 30.6 Å². The summed E-state index contributed by atoms with van der Waals surface area (Å²) >= 11 is 1.58. The molecule has 0 aliphatic rings. The van der Waals surface area contributed by atoms with Gasteiger partial charge in [-0.2, -0.15) is 5.10 Å². The fourth-order valence-electron chi connectivity index (χ4n) is 3.50. The van der Waals surface area contributed by atoms with Crippen LogP contribution >= 0.6 is 11.3 Å². The normalized spacial score (nSPS) is 11.0. The Labute approximate surface area is 182 Å². The predicted molar refractivity (Wildman–Crippen MR) is 122 cm³/mol. The lowest BCUT2D eigenvalue weighted by molar-refractivity contribution is 0.102. The van der Waals surface area contributed by atoms with E-state index in [9.17, 15) is 4.79 Å². The van der Waals surface area contributed by atoms with Crippen molar-refractivity contribution in [2.45, 2.75) is 6.92 Å². The maximum absolute atomic E-state index is 13.2. The molecule has 1 amide bonds. The van der Waals surface area contributed by atoms with Gasteiger partial charge in [-0.15, -0.1) is 11.3 Å². The lowest BCUT2D eigenvalue weighted by Gasteiger charge is -2.09. The number of amides is 1. The first-order valence-corrected chi connectivity index (χ1v) is 10.5. The molecule has 5 aromatic rings. The van der Waals surface area contributed by atoms with E-state index >= 15 is 0 Å². The number of pyridine rings is 1. The van der Waals surface area contributed by atoms with Gasteiger partial charge in [0.2, 0.25) is 0 Å². The molecule has 1 N–H and O–H groups in total. The number of nitrogens with one attached hydrogen (secondary N) is 1. The number of fused-ring (bicyclic) bond motifs is 1. The van der Waals surface area contributed by atoms with Gasteiger partial charge in [-0.25, -0.2) is 15.0 Å². The molecule has 0 fully saturated rings. The van der Waals surface area contributed by atoms with Crippen LogP contribution in [0.2, 0.25) is 0 Å². The molecule has 152 valence electrons. The molecule has 8 heteroatoms. The van der Waals surface area contributed by atoms with Gasteiger partial charge in [0.15, 0.2) is 11.5 Å². The Morgan fingerprint density at radius 3 is 2.55 bits per heavy atom. The molecule has 0 saturated heterocycles. The smallest absolute Gasteiger partial charge is 0.256 e. The van der Waals surface area contributed by atoms with E-state index in [1.54, 1.807) is 28.4 Å². The average Bonchev–Trinajstić information content (AvgIpc) is 3.43. The highest BCUT2D eigenvalue weighted by Crippen LogP contribution is 2.29. The van der Waals surface area contributed by atoms with Crippen molar-refractivity contribution in [2.24, 2.45) is 7.05 Å². The second-order valence-electron chi connectivity index (χ2n) is 7.06. The SMILES string of the molecule is Cc1nn(C)c2nc(-c3cccs3)cc(C(=O)Nc3cnc(-c4ccccc4)nc3)c12. The van der Waals surface area contributed by atoms with E-state index in [0.717, 1.165) is 27.2 Å². The van der Waals surface area contributed by atoms with E-state index < -0.39 is 0 Å². The molecular weight excluding hydrogens is 408 g/mol. The molecular formula is C23H18N6OS. The van der Waals surface area contributed by atoms with Crippen LogP contribution in [0.3, 0.4) is 0 Å². The van der Waals surface area contributed by atoms with Gasteiger partial charge in [0.25, 0.3) is 5.91 Å². The Balaban J connectivity index is 1.51. The summed E-state index contributed by atoms with van der Waals surface area (Å²) < 4.78 is 1.70. The zero-order valence-corrected chi connectivity index (χ0v) is 17.7. The van der Waals surface area contributed by atoms with E-state index in [1.165, 1.54) is 0 Å². The number of aromatic nitrogens is 5. The highest BCUT2D eigenvalue weighted by Gasteiger charge is 2.20. The monoisotopic (exact) mass is 426 g/mol. The quantitative estimate of drug-likeness (QED) is 0.450. The second kappa shape index (κ2) is 7.73. The van der Waals surface area contributed by atoms with E-state index in [0.29, 0.717) is 22.7 Å². The third kappa shape index (κ3) is 3.57. The molecule has 5 rings (SSSR count). The molecule has 0 bridgehead atoms. The van der Waals surface area contributed by atoms with Gasteiger partial charge in [0.05, 0.1) is 45.3 Å². The number of anilines is 1. The number of rotatable bonds is 4. The summed E-state index contributed by atoms with van der Waals surface area (Å²) in [5, 5.41) is 10.1. The largest absolute Gasteiger partial charge is 0.319 e. The van der Waals surface area contributed by atoms with Gasteiger partial charge in [-0.05, 0) is 24.4 Å². The zero-order valence-electron chi connectivity index (χ0n) is 16.9. The topological polar surface area (TPSA) is 85.6 Å². The summed E-state index contributed by atoms with van der Waals surface area (Å²) in [6.45, 7) is 1.88. The fraction of sp³-hybridized carbons (Fsp3) is 0.0870. The molecule has 31 heavy (non-hydrogen) atoms. The minimum Gasteiger partial charge on any atom is -0.319 e. The van der Waals surface area contributed by atoms with Crippen LogP contribution in [0, 0.1) is 6.92 Å². The average molecular weight is 427 g/mol. The number of benzene rings is 1. The summed E-state index contributed by atoms with van der Waals surface area (Å²) in [6.07, 6.45) is 3.23. The van der Waals surface area contributed by atoms with E-state index in [-0.39, 0.29) is 5.91 Å². The standard InChI is InChI=1S/C23H18N6OS/c1-14-20-17(11-18(19-9-6-10-31-19)27-22(20)29(2)28-14)23(30)26-16-12-24-21(25-13-16)15-7-4-3-5-8-15/h3-13H,1-2H3,(H,26,30). The minimum absolute atomic E-state index is 0.252. The second-order valence-corrected chi connectivity index (χ2v) is 8.00. The van der Waals surface area contributed by atoms with Gasteiger partial charge < -0.3 is 5.32 Å². The first-order chi connectivity index (χ1) is 15.1. The molecule has 1 aromatic carbocycles. The summed E-state index contributed by atoms with van der Waals surface area (Å²) in [5.74, 6) is 0.352. The minimum atomic E-state index is -0.252. The molecule has 0 atom stereocenters. The first kappa shape index (κ1) is 19.1. The van der Waals surface area contributed by atoms with E-state index in [2.05, 4.69) is 20.4 Å². The molecule has 0 aliphatic heterocycles. The molecule has 0 radical (unpaired) electrons. The summed E-state index contributed by atoms with van der Waals surface area (Å²) in [6, 6.07) is 15.5. The summed E-state index contributed by atoms with van der Waals surface area (Å²) in [5.41, 5.74) is 4.13. The summed E-state index contributed by atoms with van der Waals surface area (Å²) in [7, 11) is 1.83. The maximum atomic E-state index is 13.2. The Kier molecular flexibility index (Phi) is 4.76. The predicted octanol–water partition coefficient (Wildman–Crippen LogP) is 4.71. The van der Waals surface area contributed by atoms with Crippen molar-refractivity contribution in [3.63, 3.8) is 0 Å². The van der Waals surface area contributed by atoms with Crippen LogP contribution in [0.5, 0.6) is 0 Å². The highest BCUT2D eigenvalue weighted by atomic mass is 32.1. The molecule has 4 aromatic heterocycles. The number of carbonyl (C=O) groups is 1. The number of hydrogen-bond donors (Lipinski definition) is 1. The molecule has 0 unspecified atom stereocenters. The van der Waals surface area contributed by atoms with Crippen molar-refractivity contribution in [1.82, 2.24) is 24.7 Å². The van der Waals surface area contributed by atoms with Crippen LogP contribution in [0.1, 0.15) is 16.1 Å². The van der Waals surface area contributed by atoms with Crippen LogP contribution in [0.25, 0.3) is 33.0 Å². The highest BCUT2D eigenvalue weighted by molar-refractivity contribution is 7.13. The van der Waals surface area contributed by atoms with Crippen LogP contribution in [0.4, 0.5) is 5.69 Å². The van der Waals surface area contributed by atoms with E-state index in [1.807, 2.05) is 67.9 Å². The molecule has 0 saturated carbocycles. The number of thiophene rings is 1. The fourth-order valence-corrected chi connectivity index (χ4v) is 4.19. The van der Waals surface area contributed by atoms with Crippen molar-refractivity contribution in [2.75, 3.05) is 5.32 Å². The van der Waals surface area contributed by atoms with E-state index in [4.69, 9.17) is 4.98 Å². The van der Waals surface area contributed by atoms with Crippen molar-refractivity contribution >= 4 is 34.0 Å². The summed E-state index contributed by atoms with van der Waals surface area (Å²) in [4.78, 5) is 27.7. The number of hydrogen-bond acceptors (Lipinski definition) is 6. The van der Waals surface area contributed by atoms with Gasteiger partial charge in [-0.1, -0.05) is 36.4 Å². The number of nitrogens with zero attached hydrogens (tertiary/aromatic N) is 5. The Hall–Kier alpha value is -3.91. The van der Waals surface area contributed by atoms with Crippen molar-refractivity contribution in [1.29, 1.82) is 0 Å². The third-order valence-electron chi connectivity index (χ3n) is 4.93. The first-order valence-electron chi connectivity index (χ1n) is 9.67. The van der Waals surface area contributed by atoms with Crippen LogP contribution in [-0.2, 0) is 7.05 Å². The Morgan fingerprint density at radius 2 is 1.84 bits per heavy atom. The number of aryl methyl sites for hydroxylation is 2. The van der Waals surface area contributed by atoms with Gasteiger partial charge in [0.1, 0.15) is 0 Å². The Morgan fingerprint density at radius 1 is 1.06 bits per heavy atom. The molecule has 0 aliphatic carbocycles. The molecule has 7 nitrogen and oxygen atoms in total. The van der Waals surface area contributed by atoms with Gasteiger partial charge in [-0.3, -0.25) is 9.48 Å². The maximum Gasteiger partial charge on any atom is 0.256 e. The zero-order chi connectivity index (χ0) is 21.4. The van der Waals surface area contributed by atoms with Crippen molar-refractivity contribution < 1.29 is 4.79 Å². The lowest BCUT2D eigenvalue weighted by atomic mass is 10.1. The third-order valence-corrected chi connectivity index (χ3v) is 5.82. The van der Waals surface area contributed by atoms with Crippen molar-refractivity contribution in [3.05, 3.63) is 77.6 Å². The van der Waals surface area contributed by atoms with Crippen LogP contribution in [0.15, 0.2) is 66.3 Å². The van der Waals surface area contributed by atoms with Crippen molar-refractivity contribution in [3.8, 4) is 22.0 Å².